The van der Waals surface area contributed by atoms with Gasteiger partial charge in [0.05, 0.1) is 18.8 Å². The highest BCUT2D eigenvalue weighted by Gasteiger charge is 2.28. The van der Waals surface area contributed by atoms with Gasteiger partial charge in [0.1, 0.15) is 11.5 Å². The van der Waals surface area contributed by atoms with Crippen LogP contribution in [-0.2, 0) is 4.79 Å². The summed E-state index contributed by atoms with van der Waals surface area (Å²) in [7, 11) is 1.59. The average molecular weight is 281 g/mol. The van der Waals surface area contributed by atoms with E-state index in [0.717, 1.165) is 5.75 Å². The van der Waals surface area contributed by atoms with Crippen molar-refractivity contribution in [3.05, 3.63) is 24.3 Å². The van der Waals surface area contributed by atoms with E-state index < -0.39 is 17.7 Å². The van der Waals surface area contributed by atoms with Gasteiger partial charge in [-0.3, -0.25) is 4.79 Å². The Labute approximate surface area is 119 Å². The predicted octanol–water partition coefficient (Wildman–Crippen LogP) is 1.74. The first-order chi connectivity index (χ1) is 9.26. The first-order valence-electron chi connectivity index (χ1n) is 6.57. The van der Waals surface area contributed by atoms with Crippen molar-refractivity contribution in [1.82, 2.24) is 5.32 Å². The second-order valence-electron chi connectivity index (χ2n) is 5.32. The van der Waals surface area contributed by atoms with E-state index in [1.807, 2.05) is 0 Å². The average Bonchev–Trinajstić information content (AvgIpc) is 2.38. The van der Waals surface area contributed by atoms with Crippen LogP contribution >= 0.6 is 0 Å². The lowest BCUT2D eigenvalue weighted by Gasteiger charge is -2.30. The summed E-state index contributed by atoms with van der Waals surface area (Å²) in [4.78, 5) is 12.0. The Morgan fingerprint density at radius 3 is 2.15 bits per heavy atom. The molecule has 2 N–H and O–H groups in total. The van der Waals surface area contributed by atoms with Crippen LogP contribution in [0.3, 0.4) is 0 Å². The van der Waals surface area contributed by atoms with E-state index in [9.17, 15) is 9.90 Å². The minimum absolute atomic E-state index is 0.272. The van der Waals surface area contributed by atoms with Crippen LogP contribution in [0.2, 0.25) is 0 Å². The first-order valence-corrected chi connectivity index (χ1v) is 6.57. The highest BCUT2D eigenvalue weighted by molar-refractivity contribution is 5.81. The maximum atomic E-state index is 12.0. The van der Waals surface area contributed by atoms with E-state index in [1.165, 1.54) is 0 Å². The molecule has 1 rings (SSSR count). The number of ether oxygens (including phenoxy) is 2. The quantitative estimate of drug-likeness (QED) is 0.833. The molecule has 0 heterocycles. The summed E-state index contributed by atoms with van der Waals surface area (Å²) in [6.07, 6.45) is -1.30. The molecule has 20 heavy (non-hydrogen) atoms. The minimum atomic E-state index is -0.700. The summed E-state index contributed by atoms with van der Waals surface area (Å²) in [5, 5.41) is 12.3. The summed E-state index contributed by atoms with van der Waals surface area (Å²) in [6, 6.07) is 7.00. The summed E-state index contributed by atoms with van der Waals surface area (Å²) in [5.74, 6) is 1.04. The molecule has 2 unspecified atom stereocenters. The largest absolute Gasteiger partial charge is 0.497 e. The zero-order valence-corrected chi connectivity index (χ0v) is 12.6. The van der Waals surface area contributed by atoms with Crippen LogP contribution in [-0.4, -0.2) is 35.9 Å². The van der Waals surface area contributed by atoms with Gasteiger partial charge < -0.3 is 19.9 Å². The van der Waals surface area contributed by atoms with Crippen LogP contribution < -0.4 is 14.8 Å². The highest BCUT2D eigenvalue weighted by atomic mass is 16.5. The zero-order valence-electron chi connectivity index (χ0n) is 12.6. The Morgan fingerprint density at radius 1 is 1.20 bits per heavy atom. The number of rotatable bonds is 6. The normalized spacial score (nSPS) is 14.3. The smallest absolute Gasteiger partial charge is 0.261 e. The minimum Gasteiger partial charge on any atom is -0.497 e. The third-order valence-corrected chi connectivity index (χ3v) is 3.23. The van der Waals surface area contributed by atoms with Crippen LogP contribution in [0.4, 0.5) is 0 Å². The lowest BCUT2D eigenvalue weighted by Crippen LogP contribution is -2.54. The molecular formula is C15H23NO4. The van der Waals surface area contributed by atoms with Crippen LogP contribution in [0.25, 0.3) is 0 Å². The lowest BCUT2D eigenvalue weighted by molar-refractivity contribution is -0.130. The Hall–Kier alpha value is -1.75. The standard InChI is InChI=1S/C15H23NO4/c1-10(14(18)16-15(3,4)11(2)17)20-13-8-6-12(19-5)7-9-13/h6-11,17H,1-5H3,(H,16,18). The number of methoxy groups -OCH3 is 1. The van der Waals surface area contributed by atoms with Gasteiger partial charge in [0.2, 0.25) is 0 Å². The fraction of sp³-hybridized carbons (Fsp3) is 0.533. The van der Waals surface area contributed by atoms with Crippen molar-refractivity contribution in [2.45, 2.75) is 45.4 Å². The highest BCUT2D eigenvalue weighted by Crippen LogP contribution is 2.18. The molecule has 0 radical (unpaired) electrons. The lowest BCUT2D eigenvalue weighted by atomic mass is 9.98. The molecule has 0 fully saturated rings. The topological polar surface area (TPSA) is 67.8 Å². The fourth-order valence-corrected chi connectivity index (χ4v) is 1.44. The number of hydrogen-bond acceptors (Lipinski definition) is 4. The molecule has 1 aromatic carbocycles. The van der Waals surface area contributed by atoms with Gasteiger partial charge in [0.25, 0.3) is 5.91 Å². The predicted molar refractivity (Wildman–Crippen MR) is 77.0 cm³/mol. The number of hydrogen-bond donors (Lipinski definition) is 2. The molecule has 0 saturated heterocycles. The Bertz CT molecular complexity index is 440. The van der Waals surface area contributed by atoms with Crippen molar-refractivity contribution in [3.8, 4) is 11.5 Å². The Kier molecular flexibility index (Phi) is 5.39. The van der Waals surface area contributed by atoms with Gasteiger partial charge in [0, 0.05) is 0 Å². The summed E-state index contributed by atoms with van der Waals surface area (Å²) in [5.41, 5.74) is -0.700. The van der Waals surface area contributed by atoms with E-state index in [1.54, 1.807) is 59.1 Å². The second-order valence-corrected chi connectivity index (χ2v) is 5.32. The van der Waals surface area contributed by atoms with E-state index in [4.69, 9.17) is 9.47 Å². The Morgan fingerprint density at radius 2 is 1.70 bits per heavy atom. The van der Waals surface area contributed by atoms with Crippen molar-refractivity contribution in [1.29, 1.82) is 0 Å². The molecule has 0 aromatic heterocycles. The van der Waals surface area contributed by atoms with Gasteiger partial charge in [-0.2, -0.15) is 0 Å². The van der Waals surface area contributed by atoms with Crippen molar-refractivity contribution < 1.29 is 19.4 Å². The van der Waals surface area contributed by atoms with Gasteiger partial charge in [-0.25, -0.2) is 0 Å². The van der Waals surface area contributed by atoms with Crippen LogP contribution in [0.5, 0.6) is 11.5 Å². The number of benzene rings is 1. The van der Waals surface area contributed by atoms with Gasteiger partial charge >= 0.3 is 0 Å². The van der Waals surface area contributed by atoms with Gasteiger partial charge in [0.15, 0.2) is 6.10 Å². The monoisotopic (exact) mass is 281 g/mol. The number of carbonyl (C=O) groups is 1. The van der Waals surface area contributed by atoms with Crippen LogP contribution in [0, 0.1) is 0 Å². The number of amides is 1. The van der Waals surface area contributed by atoms with Crippen LogP contribution in [0.1, 0.15) is 27.7 Å². The summed E-state index contributed by atoms with van der Waals surface area (Å²) < 4.78 is 10.6. The maximum absolute atomic E-state index is 12.0. The van der Waals surface area contributed by atoms with Crippen molar-refractivity contribution in [2.75, 3.05) is 7.11 Å². The molecule has 1 aromatic rings. The van der Waals surface area contributed by atoms with Crippen molar-refractivity contribution in [3.63, 3.8) is 0 Å². The molecule has 0 saturated carbocycles. The third-order valence-electron chi connectivity index (χ3n) is 3.23. The maximum Gasteiger partial charge on any atom is 0.261 e. The molecule has 1 amide bonds. The molecule has 112 valence electrons. The van der Waals surface area contributed by atoms with Crippen molar-refractivity contribution >= 4 is 5.91 Å². The number of carbonyl (C=O) groups excluding carboxylic acids is 1. The first kappa shape index (κ1) is 16.3. The third kappa shape index (κ3) is 4.42. The molecule has 0 aliphatic carbocycles. The van der Waals surface area contributed by atoms with E-state index in [0.29, 0.717) is 5.75 Å². The van der Waals surface area contributed by atoms with Gasteiger partial charge in [-0.15, -0.1) is 0 Å². The van der Waals surface area contributed by atoms with E-state index >= 15 is 0 Å². The van der Waals surface area contributed by atoms with E-state index in [2.05, 4.69) is 5.32 Å². The fourth-order valence-electron chi connectivity index (χ4n) is 1.44. The van der Waals surface area contributed by atoms with E-state index in [-0.39, 0.29) is 5.91 Å². The molecule has 0 spiro atoms. The molecule has 0 bridgehead atoms. The van der Waals surface area contributed by atoms with Gasteiger partial charge in [-0.1, -0.05) is 0 Å². The SMILES string of the molecule is COc1ccc(OC(C)C(=O)NC(C)(C)C(C)O)cc1. The number of nitrogens with one attached hydrogen (secondary N) is 1. The zero-order chi connectivity index (χ0) is 15.3. The molecule has 2 atom stereocenters. The molecule has 5 nitrogen and oxygen atoms in total. The number of aliphatic hydroxyl groups excluding tert-OH is 1. The van der Waals surface area contributed by atoms with Crippen LogP contribution in [0.15, 0.2) is 24.3 Å². The molecule has 0 aliphatic heterocycles. The van der Waals surface area contributed by atoms with Crippen molar-refractivity contribution in [2.24, 2.45) is 0 Å². The number of aliphatic hydroxyl groups is 1. The molecule has 5 heteroatoms. The molecular weight excluding hydrogens is 258 g/mol. The summed E-state index contributed by atoms with van der Waals surface area (Å²) in [6.45, 7) is 6.82. The summed E-state index contributed by atoms with van der Waals surface area (Å²) >= 11 is 0. The molecule has 0 aliphatic rings. The van der Waals surface area contributed by atoms with Gasteiger partial charge in [-0.05, 0) is 52.0 Å². The second kappa shape index (κ2) is 6.61. The Balaban J connectivity index is 2.61.